The van der Waals surface area contributed by atoms with Gasteiger partial charge in [0.1, 0.15) is 12.1 Å². The van der Waals surface area contributed by atoms with Crippen molar-refractivity contribution in [1.29, 1.82) is 0 Å². The Bertz CT molecular complexity index is 200. The van der Waals surface area contributed by atoms with Gasteiger partial charge in [-0.3, -0.25) is 4.79 Å². The Morgan fingerprint density at radius 3 is 3.20 bits per heavy atom. The zero-order valence-electron chi connectivity index (χ0n) is 5.49. The van der Waals surface area contributed by atoms with Crippen LogP contribution in [0, 0.1) is 5.92 Å². The SMILES string of the molecule is N[C@H]1C(=O)O[C@@H]2C=CC[C@@H]21. The minimum Gasteiger partial charge on any atom is -0.457 e. The first-order chi connectivity index (χ1) is 4.79. The van der Waals surface area contributed by atoms with Crippen molar-refractivity contribution in [2.75, 3.05) is 0 Å². The van der Waals surface area contributed by atoms with Crippen molar-refractivity contribution in [2.24, 2.45) is 11.7 Å². The zero-order valence-corrected chi connectivity index (χ0v) is 5.49. The molecule has 54 valence electrons. The predicted molar refractivity (Wildman–Crippen MR) is 35.1 cm³/mol. The molecule has 0 unspecified atom stereocenters. The van der Waals surface area contributed by atoms with Gasteiger partial charge in [-0.15, -0.1) is 0 Å². The predicted octanol–water partition coefficient (Wildman–Crippen LogP) is -0.185. The highest BCUT2D eigenvalue weighted by molar-refractivity contribution is 5.79. The Morgan fingerprint density at radius 1 is 1.70 bits per heavy atom. The minimum atomic E-state index is -0.389. The Balaban J connectivity index is 2.22. The number of hydrogen-bond acceptors (Lipinski definition) is 3. The van der Waals surface area contributed by atoms with Crippen molar-refractivity contribution in [3.05, 3.63) is 12.2 Å². The van der Waals surface area contributed by atoms with E-state index in [1.54, 1.807) is 0 Å². The van der Waals surface area contributed by atoms with Gasteiger partial charge in [-0.25, -0.2) is 0 Å². The summed E-state index contributed by atoms with van der Waals surface area (Å²) >= 11 is 0. The third-order valence-corrected chi connectivity index (χ3v) is 2.14. The molecule has 3 nitrogen and oxygen atoms in total. The Hall–Kier alpha value is -0.830. The van der Waals surface area contributed by atoms with Crippen LogP contribution in [0.5, 0.6) is 0 Å². The summed E-state index contributed by atoms with van der Waals surface area (Å²) in [5, 5.41) is 0. The summed E-state index contributed by atoms with van der Waals surface area (Å²) in [6.45, 7) is 0. The third kappa shape index (κ3) is 0.609. The molecule has 2 N–H and O–H groups in total. The molecule has 0 spiro atoms. The smallest absolute Gasteiger partial charge is 0.323 e. The maximum atomic E-state index is 10.8. The second kappa shape index (κ2) is 1.83. The van der Waals surface area contributed by atoms with Gasteiger partial charge in [-0.2, -0.15) is 0 Å². The molecule has 1 saturated heterocycles. The normalized spacial score (nSPS) is 43.7. The Morgan fingerprint density at radius 2 is 2.50 bits per heavy atom. The van der Waals surface area contributed by atoms with Crippen molar-refractivity contribution >= 4 is 5.97 Å². The lowest BCUT2D eigenvalue weighted by molar-refractivity contribution is -0.140. The molecule has 0 aromatic carbocycles. The summed E-state index contributed by atoms with van der Waals surface area (Å²) < 4.78 is 4.95. The average Bonchev–Trinajstić information content (AvgIpc) is 2.41. The van der Waals surface area contributed by atoms with Crippen LogP contribution < -0.4 is 5.73 Å². The van der Waals surface area contributed by atoms with Crippen molar-refractivity contribution in [1.82, 2.24) is 0 Å². The maximum Gasteiger partial charge on any atom is 0.323 e. The number of hydrogen-bond donors (Lipinski definition) is 1. The molecule has 1 heterocycles. The van der Waals surface area contributed by atoms with E-state index in [2.05, 4.69) is 0 Å². The quantitative estimate of drug-likeness (QED) is 0.374. The standard InChI is InChI=1S/C7H9NO2/c8-6-4-2-1-3-5(4)10-7(6)9/h1,3-6H,2,8H2/t4-,5+,6+/m0/s1. The van der Waals surface area contributed by atoms with E-state index in [0.29, 0.717) is 0 Å². The molecule has 0 bridgehead atoms. The van der Waals surface area contributed by atoms with E-state index >= 15 is 0 Å². The van der Waals surface area contributed by atoms with Crippen molar-refractivity contribution in [2.45, 2.75) is 18.6 Å². The summed E-state index contributed by atoms with van der Waals surface area (Å²) in [6, 6.07) is -0.389. The number of fused-ring (bicyclic) bond motifs is 1. The lowest BCUT2D eigenvalue weighted by Crippen LogP contribution is -2.32. The van der Waals surface area contributed by atoms with Crippen LogP contribution in [0.25, 0.3) is 0 Å². The van der Waals surface area contributed by atoms with Gasteiger partial charge in [0.05, 0.1) is 0 Å². The summed E-state index contributed by atoms with van der Waals surface area (Å²) in [5.74, 6) is -0.0353. The zero-order chi connectivity index (χ0) is 7.14. The largest absolute Gasteiger partial charge is 0.457 e. The van der Waals surface area contributed by atoms with E-state index in [0.717, 1.165) is 6.42 Å². The van der Waals surface area contributed by atoms with Crippen LogP contribution >= 0.6 is 0 Å². The first-order valence-electron chi connectivity index (χ1n) is 3.42. The molecule has 1 aliphatic carbocycles. The Kier molecular flexibility index (Phi) is 1.08. The van der Waals surface area contributed by atoms with E-state index in [4.69, 9.17) is 10.5 Å². The maximum absolute atomic E-state index is 10.8. The van der Waals surface area contributed by atoms with Gasteiger partial charge in [0.15, 0.2) is 0 Å². The molecule has 10 heavy (non-hydrogen) atoms. The van der Waals surface area contributed by atoms with Crippen LogP contribution in [-0.2, 0) is 9.53 Å². The number of carbonyl (C=O) groups is 1. The van der Waals surface area contributed by atoms with Gasteiger partial charge in [0.2, 0.25) is 0 Å². The number of carbonyl (C=O) groups excluding carboxylic acids is 1. The van der Waals surface area contributed by atoms with Crippen LogP contribution in [0.4, 0.5) is 0 Å². The molecule has 1 fully saturated rings. The molecule has 1 aliphatic heterocycles. The summed E-state index contributed by atoms with van der Waals surface area (Å²) in [6.07, 6.45) is 4.79. The average molecular weight is 139 g/mol. The van der Waals surface area contributed by atoms with Gasteiger partial charge >= 0.3 is 5.97 Å². The molecule has 0 radical (unpaired) electrons. The van der Waals surface area contributed by atoms with Gasteiger partial charge < -0.3 is 10.5 Å². The van der Waals surface area contributed by atoms with Crippen LogP contribution in [0.1, 0.15) is 6.42 Å². The monoisotopic (exact) mass is 139 g/mol. The molecular weight excluding hydrogens is 130 g/mol. The summed E-state index contributed by atoms with van der Waals surface area (Å²) in [5.41, 5.74) is 5.55. The molecule has 0 aromatic heterocycles. The molecule has 3 atom stereocenters. The number of esters is 1. The van der Waals surface area contributed by atoms with Gasteiger partial charge in [0.25, 0.3) is 0 Å². The van der Waals surface area contributed by atoms with Crippen LogP contribution in [0.2, 0.25) is 0 Å². The lowest BCUT2D eigenvalue weighted by atomic mass is 9.99. The molecule has 0 amide bonds. The molecule has 2 aliphatic rings. The second-order valence-corrected chi connectivity index (χ2v) is 2.75. The van der Waals surface area contributed by atoms with Crippen LogP contribution in [0.15, 0.2) is 12.2 Å². The molecule has 0 aromatic rings. The molecule has 2 rings (SSSR count). The van der Waals surface area contributed by atoms with E-state index in [-0.39, 0.29) is 24.0 Å². The highest BCUT2D eigenvalue weighted by Crippen LogP contribution is 2.30. The topological polar surface area (TPSA) is 52.3 Å². The fourth-order valence-electron chi connectivity index (χ4n) is 1.51. The number of allylic oxidation sites excluding steroid dienone is 1. The van der Waals surface area contributed by atoms with Crippen LogP contribution in [0.3, 0.4) is 0 Å². The molecule has 3 heteroatoms. The molecular formula is C7H9NO2. The van der Waals surface area contributed by atoms with Crippen molar-refractivity contribution in [3.63, 3.8) is 0 Å². The first kappa shape index (κ1) is 5.92. The summed E-state index contributed by atoms with van der Waals surface area (Å²) in [7, 11) is 0. The van der Waals surface area contributed by atoms with Crippen molar-refractivity contribution < 1.29 is 9.53 Å². The highest BCUT2D eigenvalue weighted by atomic mass is 16.6. The summed E-state index contributed by atoms with van der Waals surface area (Å²) in [4.78, 5) is 10.8. The van der Waals surface area contributed by atoms with Gasteiger partial charge in [0, 0.05) is 5.92 Å². The second-order valence-electron chi connectivity index (χ2n) is 2.75. The fraction of sp³-hybridized carbons (Fsp3) is 0.571. The number of ether oxygens (including phenoxy) is 1. The van der Waals surface area contributed by atoms with E-state index < -0.39 is 0 Å². The number of nitrogens with two attached hydrogens (primary N) is 1. The minimum absolute atomic E-state index is 0.0255. The third-order valence-electron chi connectivity index (χ3n) is 2.14. The van der Waals surface area contributed by atoms with Crippen molar-refractivity contribution in [3.8, 4) is 0 Å². The van der Waals surface area contributed by atoms with Gasteiger partial charge in [-0.05, 0) is 12.5 Å². The molecule has 0 saturated carbocycles. The van der Waals surface area contributed by atoms with Crippen LogP contribution in [-0.4, -0.2) is 18.1 Å². The number of rotatable bonds is 0. The lowest BCUT2D eigenvalue weighted by Gasteiger charge is -2.06. The Labute approximate surface area is 58.8 Å². The van der Waals surface area contributed by atoms with E-state index in [1.165, 1.54) is 0 Å². The fourth-order valence-corrected chi connectivity index (χ4v) is 1.51. The highest BCUT2D eigenvalue weighted by Gasteiger charge is 2.42. The first-order valence-corrected chi connectivity index (χ1v) is 3.42. The van der Waals surface area contributed by atoms with E-state index in [1.807, 2.05) is 12.2 Å². The van der Waals surface area contributed by atoms with E-state index in [9.17, 15) is 4.79 Å². The van der Waals surface area contributed by atoms with Gasteiger partial charge in [-0.1, -0.05) is 6.08 Å².